The molecule has 0 aliphatic heterocycles. The highest BCUT2D eigenvalue weighted by atomic mass is 35.5. The largest absolute Gasteiger partial charge is 0.492 e. The first-order valence-corrected chi connectivity index (χ1v) is 17.7. The van der Waals surface area contributed by atoms with Crippen LogP contribution >= 0.6 is 34.8 Å². The molecule has 0 bridgehead atoms. The highest BCUT2D eigenvalue weighted by molar-refractivity contribution is 7.92. The summed E-state index contributed by atoms with van der Waals surface area (Å²) >= 11 is 18.5. The summed E-state index contributed by atoms with van der Waals surface area (Å²) in [6.07, 6.45) is 5.26. The van der Waals surface area contributed by atoms with Crippen molar-refractivity contribution in [2.24, 2.45) is 0 Å². The Bertz CT molecular complexity index is 1580. The molecule has 3 aromatic rings. The maximum atomic E-state index is 14.4. The Kier molecular flexibility index (Phi) is 12.4. The summed E-state index contributed by atoms with van der Waals surface area (Å²) in [6, 6.07) is 16.5. The van der Waals surface area contributed by atoms with Crippen LogP contribution in [-0.2, 0) is 26.2 Å². The number of anilines is 1. The lowest BCUT2D eigenvalue weighted by Gasteiger charge is -2.34. The zero-order valence-electron chi connectivity index (χ0n) is 25.3. The molecule has 242 valence electrons. The molecule has 3 aromatic carbocycles. The minimum Gasteiger partial charge on any atom is -0.492 e. The van der Waals surface area contributed by atoms with Crippen LogP contribution in [0.15, 0.2) is 71.6 Å². The van der Waals surface area contributed by atoms with Crippen LogP contribution in [0, 0.1) is 0 Å². The van der Waals surface area contributed by atoms with Crippen LogP contribution in [0.4, 0.5) is 5.69 Å². The Balaban J connectivity index is 1.76. The molecule has 8 nitrogen and oxygen atoms in total. The second kappa shape index (κ2) is 16.0. The third-order valence-corrected chi connectivity index (χ3v) is 10.6. The first kappa shape index (κ1) is 34.9. The average Bonchev–Trinajstić information content (AvgIpc) is 3.02. The monoisotopic (exact) mass is 693 g/mol. The highest BCUT2D eigenvalue weighted by Crippen LogP contribution is 2.33. The van der Waals surface area contributed by atoms with E-state index in [1.54, 1.807) is 49.4 Å². The quantitative estimate of drug-likeness (QED) is 0.200. The SMILES string of the molecule is CCOc1ccccc1N(CC(=O)N(Cc1ccc(Cl)c(Cl)c1)C(CC)C(=O)NC1CCCCC1)S(=O)(=O)c1ccc(Cl)cc1. The number of carbonyl (C=O) groups is 2. The van der Waals surface area contributed by atoms with Crippen LogP contribution in [-0.4, -0.2) is 50.4 Å². The number of nitrogens with one attached hydrogen (secondary N) is 1. The van der Waals surface area contributed by atoms with Crippen molar-refractivity contribution in [2.45, 2.75) is 75.9 Å². The van der Waals surface area contributed by atoms with E-state index in [0.717, 1.165) is 36.4 Å². The number of hydrogen-bond donors (Lipinski definition) is 1. The molecule has 0 radical (unpaired) electrons. The lowest BCUT2D eigenvalue weighted by molar-refractivity contribution is -0.140. The van der Waals surface area contributed by atoms with Crippen molar-refractivity contribution in [2.75, 3.05) is 17.5 Å². The Labute approximate surface area is 280 Å². The van der Waals surface area contributed by atoms with Crippen LogP contribution in [0.25, 0.3) is 0 Å². The molecule has 1 aliphatic rings. The maximum absolute atomic E-state index is 14.4. The molecular formula is C33H38Cl3N3O5S. The van der Waals surface area contributed by atoms with Gasteiger partial charge in [0.05, 0.1) is 27.2 Å². The summed E-state index contributed by atoms with van der Waals surface area (Å²) in [5.41, 5.74) is 0.834. The van der Waals surface area contributed by atoms with Gasteiger partial charge >= 0.3 is 0 Å². The first-order valence-electron chi connectivity index (χ1n) is 15.1. The third-order valence-electron chi connectivity index (χ3n) is 7.79. The maximum Gasteiger partial charge on any atom is 0.264 e. The Morgan fingerprint density at radius 3 is 2.27 bits per heavy atom. The van der Waals surface area contributed by atoms with Gasteiger partial charge in [-0.15, -0.1) is 0 Å². The molecule has 12 heteroatoms. The van der Waals surface area contributed by atoms with E-state index >= 15 is 0 Å². The zero-order chi connectivity index (χ0) is 32.6. The number of para-hydroxylation sites is 2. The Hall–Kier alpha value is -2.98. The van der Waals surface area contributed by atoms with Crippen molar-refractivity contribution in [3.63, 3.8) is 0 Å². The molecule has 0 saturated heterocycles. The number of benzene rings is 3. The molecular weight excluding hydrogens is 657 g/mol. The number of ether oxygens (including phenoxy) is 1. The highest BCUT2D eigenvalue weighted by Gasteiger charge is 2.35. The van der Waals surface area contributed by atoms with Crippen molar-refractivity contribution in [1.82, 2.24) is 10.2 Å². The fourth-order valence-corrected chi connectivity index (χ4v) is 7.36. The van der Waals surface area contributed by atoms with Gasteiger partial charge in [-0.2, -0.15) is 0 Å². The third kappa shape index (κ3) is 8.85. The first-order chi connectivity index (χ1) is 21.5. The van der Waals surface area contributed by atoms with Crippen LogP contribution in [0.2, 0.25) is 15.1 Å². The molecule has 1 unspecified atom stereocenters. The van der Waals surface area contributed by atoms with Crippen LogP contribution in [0.5, 0.6) is 5.75 Å². The van der Waals surface area contributed by atoms with E-state index in [-0.39, 0.29) is 35.7 Å². The molecule has 0 heterocycles. The van der Waals surface area contributed by atoms with Gasteiger partial charge in [-0.1, -0.05) is 79.2 Å². The predicted molar refractivity (Wildman–Crippen MR) is 180 cm³/mol. The second-order valence-electron chi connectivity index (χ2n) is 10.9. The standard InChI is InChI=1S/C33H38Cl3N3O5S/c1-3-29(33(41)37-25-10-6-5-7-11-25)38(21-23-14-19-27(35)28(36)20-23)32(40)22-39(30-12-8-9-13-31(30)44-4-2)45(42,43)26-17-15-24(34)16-18-26/h8-9,12-20,25,29H,3-7,10-11,21-22H2,1-2H3,(H,37,41). The van der Waals surface area contributed by atoms with Gasteiger partial charge < -0.3 is 15.0 Å². The molecule has 1 aliphatic carbocycles. The minimum atomic E-state index is -4.29. The smallest absolute Gasteiger partial charge is 0.264 e. The Morgan fingerprint density at radius 1 is 0.933 bits per heavy atom. The number of nitrogens with zero attached hydrogens (tertiary/aromatic N) is 2. The minimum absolute atomic E-state index is 0.00819. The molecule has 1 atom stereocenters. The van der Waals surface area contributed by atoms with Crippen molar-refractivity contribution < 1.29 is 22.7 Å². The summed E-state index contributed by atoms with van der Waals surface area (Å²) in [7, 11) is -4.29. The molecule has 1 saturated carbocycles. The van der Waals surface area contributed by atoms with Crippen LogP contribution < -0.4 is 14.4 Å². The fraction of sp³-hybridized carbons (Fsp3) is 0.394. The van der Waals surface area contributed by atoms with E-state index in [1.807, 2.05) is 6.92 Å². The molecule has 45 heavy (non-hydrogen) atoms. The van der Waals surface area contributed by atoms with Crippen LogP contribution in [0.3, 0.4) is 0 Å². The van der Waals surface area contributed by atoms with Gasteiger partial charge in [0.2, 0.25) is 11.8 Å². The summed E-state index contributed by atoms with van der Waals surface area (Å²) in [6.45, 7) is 3.31. The normalized spacial score (nSPS) is 14.4. The second-order valence-corrected chi connectivity index (χ2v) is 14.0. The van der Waals surface area contributed by atoms with Gasteiger partial charge in [-0.3, -0.25) is 13.9 Å². The number of hydrogen-bond acceptors (Lipinski definition) is 5. The van der Waals surface area contributed by atoms with E-state index in [2.05, 4.69) is 5.32 Å². The van der Waals surface area contributed by atoms with Crippen LogP contribution in [0.1, 0.15) is 57.9 Å². The van der Waals surface area contributed by atoms with Gasteiger partial charge in [-0.05, 0) is 80.3 Å². The lowest BCUT2D eigenvalue weighted by atomic mass is 9.95. The van der Waals surface area contributed by atoms with E-state index in [0.29, 0.717) is 32.8 Å². The summed E-state index contributed by atoms with van der Waals surface area (Å²) in [4.78, 5) is 29.5. The van der Waals surface area contributed by atoms with Crippen molar-refractivity contribution in [3.05, 3.63) is 87.4 Å². The fourth-order valence-electron chi connectivity index (χ4n) is 5.49. The van der Waals surface area contributed by atoms with E-state index in [9.17, 15) is 18.0 Å². The van der Waals surface area contributed by atoms with E-state index in [4.69, 9.17) is 39.5 Å². The predicted octanol–water partition coefficient (Wildman–Crippen LogP) is 7.50. The lowest BCUT2D eigenvalue weighted by Crippen LogP contribution is -2.54. The number of halogens is 3. The number of amides is 2. The number of rotatable bonds is 13. The van der Waals surface area contributed by atoms with Crippen molar-refractivity contribution >= 4 is 62.3 Å². The van der Waals surface area contributed by atoms with Crippen molar-refractivity contribution in [1.29, 1.82) is 0 Å². The zero-order valence-corrected chi connectivity index (χ0v) is 28.4. The summed E-state index contributed by atoms with van der Waals surface area (Å²) < 4.78 is 35.2. The van der Waals surface area contributed by atoms with Crippen molar-refractivity contribution in [3.8, 4) is 5.75 Å². The molecule has 1 N–H and O–H groups in total. The van der Waals surface area contributed by atoms with E-state index in [1.165, 1.54) is 29.2 Å². The van der Waals surface area contributed by atoms with Gasteiger partial charge in [0, 0.05) is 17.6 Å². The summed E-state index contributed by atoms with van der Waals surface area (Å²) in [5, 5.41) is 4.17. The topological polar surface area (TPSA) is 96.0 Å². The average molecular weight is 695 g/mol. The molecule has 0 spiro atoms. The molecule has 2 amide bonds. The Morgan fingerprint density at radius 2 is 1.62 bits per heavy atom. The molecule has 4 rings (SSSR count). The van der Waals surface area contributed by atoms with Gasteiger partial charge in [0.15, 0.2) is 0 Å². The number of sulfonamides is 1. The van der Waals surface area contributed by atoms with Gasteiger partial charge in [0.1, 0.15) is 18.3 Å². The molecule has 1 fully saturated rings. The van der Waals surface area contributed by atoms with Gasteiger partial charge in [0.25, 0.3) is 10.0 Å². The summed E-state index contributed by atoms with van der Waals surface area (Å²) in [5.74, 6) is -0.557. The number of carbonyl (C=O) groups excluding carboxylic acids is 2. The van der Waals surface area contributed by atoms with E-state index < -0.39 is 28.5 Å². The van der Waals surface area contributed by atoms with Gasteiger partial charge in [-0.25, -0.2) is 8.42 Å². The molecule has 0 aromatic heterocycles.